The smallest absolute Gasteiger partial charge is 0.264 e. The Bertz CT molecular complexity index is 1260. The second kappa shape index (κ2) is 10.0. The zero-order chi connectivity index (χ0) is 24.1. The van der Waals surface area contributed by atoms with Crippen molar-refractivity contribution >= 4 is 27.3 Å². The summed E-state index contributed by atoms with van der Waals surface area (Å²) in [5.74, 6) is 1.34. The van der Waals surface area contributed by atoms with Gasteiger partial charge < -0.3 is 19.5 Å². The van der Waals surface area contributed by atoms with Gasteiger partial charge in [-0.2, -0.15) is 0 Å². The van der Waals surface area contributed by atoms with Gasteiger partial charge in [0.05, 0.1) is 10.6 Å². The molecule has 0 aliphatic carbocycles. The van der Waals surface area contributed by atoms with Crippen molar-refractivity contribution in [2.45, 2.75) is 18.7 Å². The van der Waals surface area contributed by atoms with Gasteiger partial charge >= 0.3 is 0 Å². The van der Waals surface area contributed by atoms with Crippen molar-refractivity contribution in [3.8, 4) is 17.2 Å². The van der Waals surface area contributed by atoms with Crippen LogP contribution in [0.15, 0.2) is 71.6 Å². The van der Waals surface area contributed by atoms with Crippen molar-refractivity contribution in [3.63, 3.8) is 0 Å². The second-order valence-corrected chi connectivity index (χ2v) is 9.53. The highest BCUT2D eigenvalue weighted by molar-refractivity contribution is 7.92. The molecule has 1 amide bonds. The van der Waals surface area contributed by atoms with Gasteiger partial charge in [-0.05, 0) is 62.4 Å². The third kappa shape index (κ3) is 5.26. The fourth-order valence-electron chi connectivity index (χ4n) is 3.50. The summed E-state index contributed by atoms with van der Waals surface area (Å²) in [6, 6.07) is 18.5. The number of hydrogen-bond acceptors (Lipinski definition) is 6. The maximum Gasteiger partial charge on any atom is 0.264 e. The number of amides is 1. The first-order valence-electron chi connectivity index (χ1n) is 10.9. The topological polar surface area (TPSA) is 94.2 Å². The predicted octanol–water partition coefficient (Wildman–Crippen LogP) is 4.00. The molecule has 0 saturated heterocycles. The lowest BCUT2D eigenvalue weighted by Gasteiger charge is -2.23. The van der Waals surface area contributed by atoms with Gasteiger partial charge in [0.25, 0.3) is 15.9 Å². The van der Waals surface area contributed by atoms with Crippen LogP contribution in [0, 0.1) is 6.92 Å². The van der Waals surface area contributed by atoms with E-state index in [-0.39, 0.29) is 24.0 Å². The summed E-state index contributed by atoms with van der Waals surface area (Å²) < 4.78 is 44.0. The van der Waals surface area contributed by atoms with Gasteiger partial charge in [-0.3, -0.25) is 9.10 Å². The number of sulfonamides is 1. The summed E-state index contributed by atoms with van der Waals surface area (Å²) in [7, 11) is -3.69. The van der Waals surface area contributed by atoms with Gasteiger partial charge in [0.2, 0.25) is 0 Å². The van der Waals surface area contributed by atoms with E-state index in [0.29, 0.717) is 41.8 Å². The van der Waals surface area contributed by atoms with E-state index in [1.165, 1.54) is 4.31 Å². The summed E-state index contributed by atoms with van der Waals surface area (Å²) in [5, 5.41) is 2.76. The Morgan fingerprint density at radius 3 is 2.32 bits per heavy atom. The third-order valence-corrected chi connectivity index (χ3v) is 7.13. The number of hydrogen-bond donors (Lipinski definition) is 1. The van der Waals surface area contributed by atoms with E-state index < -0.39 is 10.0 Å². The molecule has 178 valence electrons. The van der Waals surface area contributed by atoms with E-state index >= 15 is 0 Å². The number of ether oxygens (including phenoxy) is 3. The van der Waals surface area contributed by atoms with Crippen LogP contribution >= 0.6 is 0 Å². The first-order chi connectivity index (χ1) is 16.4. The van der Waals surface area contributed by atoms with Crippen LogP contribution in [-0.4, -0.2) is 40.7 Å². The van der Waals surface area contributed by atoms with Gasteiger partial charge in [0, 0.05) is 18.3 Å². The molecule has 1 heterocycles. The second-order valence-electron chi connectivity index (χ2n) is 7.67. The van der Waals surface area contributed by atoms with E-state index in [9.17, 15) is 13.2 Å². The van der Waals surface area contributed by atoms with Crippen molar-refractivity contribution in [2.75, 3.05) is 36.0 Å². The molecule has 0 fully saturated rings. The Kier molecular flexibility index (Phi) is 6.93. The number of rotatable bonds is 8. The fraction of sp³-hybridized carbons (Fsp3) is 0.240. The molecule has 0 radical (unpaired) electrons. The van der Waals surface area contributed by atoms with Gasteiger partial charge in [-0.25, -0.2) is 8.42 Å². The minimum atomic E-state index is -3.69. The maximum atomic E-state index is 13.1. The Hall–Kier alpha value is -3.72. The molecule has 9 heteroatoms. The number of fused-ring (bicyclic) bond motifs is 1. The molecule has 1 aliphatic heterocycles. The molecule has 0 aromatic heterocycles. The minimum Gasteiger partial charge on any atom is -0.486 e. The number of nitrogens with zero attached hydrogens (tertiary/aromatic N) is 1. The van der Waals surface area contributed by atoms with E-state index in [4.69, 9.17) is 14.2 Å². The number of carbonyl (C=O) groups is 1. The van der Waals surface area contributed by atoms with Crippen LogP contribution in [0.1, 0.15) is 12.5 Å². The molecule has 34 heavy (non-hydrogen) atoms. The van der Waals surface area contributed by atoms with Crippen LogP contribution in [0.25, 0.3) is 0 Å². The normalized spacial score (nSPS) is 12.6. The lowest BCUT2D eigenvalue weighted by Crippen LogP contribution is -2.30. The van der Waals surface area contributed by atoms with Crippen LogP contribution in [0.5, 0.6) is 17.2 Å². The van der Waals surface area contributed by atoms with Crippen molar-refractivity contribution in [2.24, 2.45) is 0 Å². The predicted molar refractivity (Wildman–Crippen MR) is 129 cm³/mol. The molecular formula is C25H26N2O6S. The molecule has 8 nitrogen and oxygen atoms in total. The number of anilines is 2. The zero-order valence-corrected chi connectivity index (χ0v) is 19.8. The fourth-order valence-corrected chi connectivity index (χ4v) is 4.98. The molecule has 0 saturated carbocycles. The van der Waals surface area contributed by atoms with E-state index in [1.807, 2.05) is 6.92 Å². The Labute approximate surface area is 199 Å². The molecule has 3 aromatic rings. The maximum absolute atomic E-state index is 13.1. The highest BCUT2D eigenvalue weighted by Crippen LogP contribution is 2.32. The number of benzene rings is 3. The summed E-state index contributed by atoms with van der Waals surface area (Å²) >= 11 is 0. The van der Waals surface area contributed by atoms with Crippen LogP contribution < -0.4 is 23.8 Å². The van der Waals surface area contributed by atoms with Crippen molar-refractivity contribution < 1.29 is 27.4 Å². The highest BCUT2D eigenvalue weighted by atomic mass is 32.2. The number of nitrogens with one attached hydrogen (secondary N) is 1. The SMILES string of the molecule is CCN(c1ccc(OCC(=O)Nc2ccc3c(c2)OCCO3)cc1)S(=O)(=O)c1ccc(C)cc1. The van der Waals surface area contributed by atoms with Crippen molar-refractivity contribution in [3.05, 3.63) is 72.3 Å². The van der Waals surface area contributed by atoms with Gasteiger partial charge in [0.1, 0.15) is 19.0 Å². The van der Waals surface area contributed by atoms with Crippen LogP contribution in [0.3, 0.4) is 0 Å². The number of aryl methyl sites for hydroxylation is 1. The van der Waals surface area contributed by atoms with Crippen molar-refractivity contribution in [1.29, 1.82) is 0 Å². The minimum absolute atomic E-state index is 0.201. The molecule has 0 spiro atoms. The van der Waals surface area contributed by atoms with Gasteiger partial charge in [0.15, 0.2) is 18.1 Å². The Morgan fingerprint density at radius 1 is 0.971 bits per heavy atom. The molecule has 4 rings (SSSR count). The van der Waals surface area contributed by atoms with Crippen LogP contribution in [0.4, 0.5) is 11.4 Å². The molecular weight excluding hydrogens is 456 g/mol. The molecule has 1 N–H and O–H groups in total. The molecule has 3 aromatic carbocycles. The van der Waals surface area contributed by atoms with Gasteiger partial charge in [-0.1, -0.05) is 17.7 Å². The Balaban J connectivity index is 1.37. The molecule has 1 aliphatic rings. The highest BCUT2D eigenvalue weighted by Gasteiger charge is 2.23. The first-order valence-corrected chi connectivity index (χ1v) is 12.3. The first kappa shape index (κ1) is 23.4. The standard InChI is InChI=1S/C25H26N2O6S/c1-3-27(34(29,30)22-11-4-18(2)5-12-22)20-7-9-21(10-8-20)33-17-25(28)26-19-6-13-23-24(16-19)32-15-14-31-23/h4-13,16H,3,14-15,17H2,1-2H3,(H,26,28). The monoisotopic (exact) mass is 482 g/mol. The quantitative estimate of drug-likeness (QED) is 0.522. The number of carbonyl (C=O) groups excluding carboxylic acids is 1. The zero-order valence-electron chi connectivity index (χ0n) is 19.0. The Morgan fingerprint density at radius 2 is 1.65 bits per heavy atom. The van der Waals surface area contributed by atoms with Gasteiger partial charge in [-0.15, -0.1) is 0 Å². The average molecular weight is 483 g/mol. The molecule has 0 unspecified atom stereocenters. The van der Waals surface area contributed by atoms with E-state index in [0.717, 1.165) is 5.56 Å². The lowest BCUT2D eigenvalue weighted by atomic mass is 10.2. The van der Waals surface area contributed by atoms with Crippen molar-refractivity contribution in [1.82, 2.24) is 0 Å². The summed E-state index contributed by atoms with van der Waals surface area (Å²) in [6.07, 6.45) is 0. The van der Waals surface area contributed by atoms with Crippen LogP contribution in [-0.2, 0) is 14.8 Å². The summed E-state index contributed by atoms with van der Waals surface area (Å²) in [5.41, 5.74) is 2.07. The molecule has 0 atom stereocenters. The van der Waals surface area contributed by atoms with E-state index in [2.05, 4.69) is 5.32 Å². The summed E-state index contributed by atoms with van der Waals surface area (Å²) in [4.78, 5) is 12.5. The third-order valence-electron chi connectivity index (χ3n) is 5.22. The van der Waals surface area contributed by atoms with Crippen LogP contribution in [0.2, 0.25) is 0 Å². The van der Waals surface area contributed by atoms with E-state index in [1.54, 1.807) is 73.7 Å². The lowest BCUT2D eigenvalue weighted by molar-refractivity contribution is -0.118. The molecule has 0 bridgehead atoms. The summed E-state index contributed by atoms with van der Waals surface area (Å²) in [6.45, 7) is 4.72. The average Bonchev–Trinajstić information content (AvgIpc) is 2.84. The largest absolute Gasteiger partial charge is 0.486 e.